The molecule has 1 aliphatic heterocycles. The number of benzene rings is 2. The number of fused-ring (bicyclic) bond motifs is 1. The zero-order chi connectivity index (χ0) is 17.2. The molecule has 0 saturated carbocycles. The molecule has 1 aliphatic rings. The number of carbonyl (C=O) groups excluding carboxylic acids is 1. The molecule has 4 nitrogen and oxygen atoms in total. The van der Waals surface area contributed by atoms with Gasteiger partial charge in [0.05, 0.1) is 22.9 Å². The number of aromatic nitrogens is 1. The van der Waals surface area contributed by atoms with Crippen LogP contribution in [0.15, 0.2) is 48.5 Å². The molecular formula is C20H20N2O2S. The number of rotatable bonds is 4. The van der Waals surface area contributed by atoms with Crippen molar-refractivity contribution >= 4 is 27.5 Å². The Hall–Kier alpha value is -2.40. The molecule has 1 aromatic heterocycles. The highest BCUT2D eigenvalue weighted by molar-refractivity contribution is 7.18. The molecule has 5 heteroatoms. The Morgan fingerprint density at radius 2 is 2.04 bits per heavy atom. The zero-order valence-corrected chi connectivity index (χ0v) is 15.0. The van der Waals surface area contributed by atoms with Crippen LogP contribution in [-0.2, 0) is 0 Å². The van der Waals surface area contributed by atoms with Crippen LogP contribution in [0, 0.1) is 0 Å². The van der Waals surface area contributed by atoms with Crippen LogP contribution in [0.5, 0.6) is 5.75 Å². The zero-order valence-electron chi connectivity index (χ0n) is 14.1. The van der Waals surface area contributed by atoms with Gasteiger partial charge in [-0.05, 0) is 56.2 Å². The molecule has 1 atom stereocenters. The maximum Gasteiger partial charge on any atom is 0.254 e. The van der Waals surface area contributed by atoms with Crippen LogP contribution in [0.3, 0.4) is 0 Å². The first-order valence-corrected chi connectivity index (χ1v) is 9.47. The average molecular weight is 352 g/mol. The van der Waals surface area contributed by atoms with Crippen molar-refractivity contribution in [1.82, 2.24) is 9.88 Å². The summed E-state index contributed by atoms with van der Waals surface area (Å²) in [6.45, 7) is 3.36. The van der Waals surface area contributed by atoms with Gasteiger partial charge in [-0.15, -0.1) is 11.3 Å². The first-order valence-electron chi connectivity index (χ1n) is 8.65. The van der Waals surface area contributed by atoms with Gasteiger partial charge in [0.1, 0.15) is 10.8 Å². The second-order valence-electron chi connectivity index (χ2n) is 6.13. The summed E-state index contributed by atoms with van der Waals surface area (Å²) in [4.78, 5) is 19.7. The molecule has 2 heterocycles. The summed E-state index contributed by atoms with van der Waals surface area (Å²) < 4.78 is 6.64. The molecule has 0 radical (unpaired) electrons. The Kier molecular flexibility index (Phi) is 4.40. The topological polar surface area (TPSA) is 42.4 Å². The van der Waals surface area contributed by atoms with E-state index in [1.807, 2.05) is 54.3 Å². The maximum absolute atomic E-state index is 13.0. The molecule has 3 aromatic rings. The van der Waals surface area contributed by atoms with E-state index in [9.17, 15) is 4.79 Å². The third-order valence-electron chi connectivity index (χ3n) is 4.52. The van der Waals surface area contributed by atoms with Crippen molar-refractivity contribution in [3.8, 4) is 5.75 Å². The van der Waals surface area contributed by atoms with Gasteiger partial charge in [0, 0.05) is 12.1 Å². The van der Waals surface area contributed by atoms with Crippen LogP contribution in [0.1, 0.15) is 41.2 Å². The summed E-state index contributed by atoms with van der Waals surface area (Å²) in [6.07, 6.45) is 1.99. The molecule has 1 unspecified atom stereocenters. The minimum Gasteiger partial charge on any atom is -0.494 e. The number of thiazole rings is 1. The van der Waals surface area contributed by atoms with Gasteiger partial charge in [-0.3, -0.25) is 4.79 Å². The Balaban J connectivity index is 1.59. The summed E-state index contributed by atoms with van der Waals surface area (Å²) in [6, 6.07) is 15.6. The molecule has 128 valence electrons. The molecule has 0 spiro atoms. The van der Waals surface area contributed by atoms with Crippen LogP contribution < -0.4 is 4.74 Å². The lowest BCUT2D eigenvalue weighted by molar-refractivity contribution is 0.0735. The summed E-state index contributed by atoms with van der Waals surface area (Å²) in [5, 5.41) is 1.04. The number of hydrogen-bond donors (Lipinski definition) is 0. The summed E-state index contributed by atoms with van der Waals surface area (Å²) in [5.74, 6) is 0.869. The van der Waals surface area contributed by atoms with Gasteiger partial charge >= 0.3 is 0 Å². The number of ether oxygens (including phenoxy) is 1. The Morgan fingerprint density at radius 1 is 1.24 bits per heavy atom. The highest BCUT2D eigenvalue weighted by Crippen LogP contribution is 2.37. The second-order valence-corrected chi connectivity index (χ2v) is 7.20. The predicted molar refractivity (Wildman–Crippen MR) is 100 cm³/mol. The van der Waals surface area contributed by atoms with E-state index in [1.165, 1.54) is 4.70 Å². The molecule has 1 saturated heterocycles. The van der Waals surface area contributed by atoms with Gasteiger partial charge in [0.25, 0.3) is 5.91 Å². The van der Waals surface area contributed by atoms with Crippen molar-refractivity contribution in [3.63, 3.8) is 0 Å². The van der Waals surface area contributed by atoms with E-state index in [0.29, 0.717) is 12.2 Å². The summed E-state index contributed by atoms with van der Waals surface area (Å²) in [5.41, 5.74) is 1.72. The largest absolute Gasteiger partial charge is 0.494 e. The fraction of sp³-hybridized carbons (Fsp3) is 0.300. The fourth-order valence-electron chi connectivity index (χ4n) is 3.33. The smallest absolute Gasteiger partial charge is 0.254 e. The molecule has 2 aromatic carbocycles. The van der Waals surface area contributed by atoms with Crippen molar-refractivity contribution in [2.24, 2.45) is 0 Å². The summed E-state index contributed by atoms with van der Waals surface area (Å²) in [7, 11) is 0. The van der Waals surface area contributed by atoms with E-state index in [0.717, 1.165) is 35.7 Å². The monoisotopic (exact) mass is 352 g/mol. The van der Waals surface area contributed by atoms with E-state index in [1.54, 1.807) is 11.3 Å². The second kappa shape index (κ2) is 6.84. The molecule has 1 fully saturated rings. The fourth-order valence-corrected chi connectivity index (χ4v) is 4.44. The third-order valence-corrected chi connectivity index (χ3v) is 5.66. The van der Waals surface area contributed by atoms with Crippen LogP contribution in [0.2, 0.25) is 0 Å². The molecule has 4 rings (SSSR count). The highest BCUT2D eigenvalue weighted by Gasteiger charge is 2.32. The van der Waals surface area contributed by atoms with E-state index in [-0.39, 0.29) is 11.9 Å². The Morgan fingerprint density at radius 3 is 2.80 bits per heavy atom. The minimum absolute atomic E-state index is 0.0739. The lowest BCUT2D eigenvalue weighted by atomic mass is 10.1. The van der Waals surface area contributed by atoms with E-state index >= 15 is 0 Å². The lowest BCUT2D eigenvalue weighted by Gasteiger charge is -2.23. The van der Waals surface area contributed by atoms with Crippen molar-refractivity contribution in [1.29, 1.82) is 0 Å². The van der Waals surface area contributed by atoms with Gasteiger partial charge in [-0.25, -0.2) is 4.98 Å². The number of carbonyl (C=O) groups is 1. The van der Waals surface area contributed by atoms with Gasteiger partial charge in [0.15, 0.2) is 0 Å². The Labute approximate surface area is 151 Å². The molecule has 25 heavy (non-hydrogen) atoms. The van der Waals surface area contributed by atoms with E-state index in [4.69, 9.17) is 9.72 Å². The molecular weight excluding hydrogens is 332 g/mol. The minimum atomic E-state index is 0.0739. The molecule has 0 aliphatic carbocycles. The van der Waals surface area contributed by atoms with Gasteiger partial charge in [0.2, 0.25) is 0 Å². The van der Waals surface area contributed by atoms with E-state index < -0.39 is 0 Å². The van der Waals surface area contributed by atoms with Crippen LogP contribution in [-0.4, -0.2) is 28.9 Å². The molecule has 1 amide bonds. The quantitative estimate of drug-likeness (QED) is 0.685. The molecule has 0 N–H and O–H groups in total. The first kappa shape index (κ1) is 16.1. The van der Waals surface area contributed by atoms with Crippen molar-refractivity contribution in [3.05, 3.63) is 59.1 Å². The van der Waals surface area contributed by atoms with Crippen LogP contribution in [0.25, 0.3) is 10.2 Å². The van der Waals surface area contributed by atoms with Gasteiger partial charge < -0.3 is 9.64 Å². The number of hydrogen-bond acceptors (Lipinski definition) is 4. The normalized spacial score (nSPS) is 17.2. The average Bonchev–Trinajstić information content (AvgIpc) is 3.28. The number of amides is 1. The third kappa shape index (κ3) is 3.12. The SMILES string of the molecule is CCOc1ccc(C(=O)N2CCCC2c2nc3ccccc3s2)cc1. The lowest BCUT2D eigenvalue weighted by Crippen LogP contribution is -2.30. The van der Waals surface area contributed by atoms with Crippen molar-refractivity contribution < 1.29 is 9.53 Å². The van der Waals surface area contributed by atoms with Crippen LogP contribution in [0.4, 0.5) is 0 Å². The predicted octanol–water partition coefficient (Wildman–Crippen LogP) is 4.67. The van der Waals surface area contributed by atoms with Gasteiger partial charge in [-0.2, -0.15) is 0 Å². The first-order chi connectivity index (χ1) is 12.3. The maximum atomic E-state index is 13.0. The van der Waals surface area contributed by atoms with Crippen molar-refractivity contribution in [2.75, 3.05) is 13.2 Å². The van der Waals surface area contributed by atoms with Crippen molar-refractivity contribution in [2.45, 2.75) is 25.8 Å². The number of nitrogens with zero attached hydrogens (tertiary/aromatic N) is 2. The number of para-hydroxylation sites is 1. The van der Waals surface area contributed by atoms with Gasteiger partial charge in [-0.1, -0.05) is 12.1 Å². The Bertz CT molecular complexity index is 855. The highest BCUT2D eigenvalue weighted by atomic mass is 32.1. The van der Waals surface area contributed by atoms with Crippen LogP contribution >= 0.6 is 11.3 Å². The standard InChI is InChI=1S/C20H20N2O2S/c1-2-24-15-11-9-14(10-12-15)20(23)22-13-5-7-17(22)19-21-16-6-3-4-8-18(16)25-19/h3-4,6,8-12,17H,2,5,7,13H2,1H3. The van der Waals surface area contributed by atoms with E-state index in [2.05, 4.69) is 6.07 Å². The summed E-state index contributed by atoms with van der Waals surface area (Å²) >= 11 is 1.69. The molecule has 0 bridgehead atoms. The number of likely N-dealkylation sites (tertiary alicyclic amines) is 1.